The summed E-state index contributed by atoms with van der Waals surface area (Å²) >= 11 is 0. The highest BCUT2D eigenvalue weighted by atomic mass is 32.2. The van der Waals surface area contributed by atoms with Crippen LogP contribution in [0.5, 0.6) is 5.88 Å². The zero-order valence-electron chi connectivity index (χ0n) is 16.4. The number of allylic oxidation sites excluding steroid dienone is 2. The maximum Gasteiger partial charge on any atom is 0.264 e. The van der Waals surface area contributed by atoms with E-state index in [1.165, 1.54) is 41.4 Å². The van der Waals surface area contributed by atoms with Crippen LogP contribution in [0.3, 0.4) is 0 Å². The van der Waals surface area contributed by atoms with E-state index in [-0.39, 0.29) is 30.2 Å². The highest BCUT2D eigenvalue weighted by molar-refractivity contribution is 7.92. The van der Waals surface area contributed by atoms with Crippen molar-refractivity contribution in [2.24, 2.45) is 0 Å². The second-order valence-electron chi connectivity index (χ2n) is 6.68. The fourth-order valence-electron chi connectivity index (χ4n) is 3.17. The van der Waals surface area contributed by atoms with Crippen LogP contribution >= 0.6 is 0 Å². The van der Waals surface area contributed by atoms with E-state index >= 15 is 0 Å². The Morgan fingerprint density at radius 1 is 1.29 bits per heavy atom. The van der Waals surface area contributed by atoms with Crippen LogP contribution in [0.2, 0.25) is 0 Å². The molecule has 0 radical (unpaired) electrons. The van der Waals surface area contributed by atoms with Gasteiger partial charge >= 0.3 is 0 Å². The molecular formula is C21H19FN4O4S. The van der Waals surface area contributed by atoms with Crippen LogP contribution in [0, 0.1) is 5.82 Å². The van der Waals surface area contributed by atoms with Crippen LogP contribution in [0.15, 0.2) is 72.1 Å². The lowest BCUT2D eigenvalue weighted by Crippen LogP contribution is -2.46. The number of nitrogens with one attached hydrogen (secondary N) is 2. The highest BCUT2D eigenvalue weighted by Crippen LogP contribution is 2.31. The summed E-state index contributed by atoms with van der Waals surface area (Å²) in [6, 6.07) is 6.61. The van der Waals surface area contributed by atoms with Gasteiger partial charge in [0.1, 0.15) is 22.6 Å². The molecule has 10 heteroatoms. The molecule has 0 aliphatic carbocycles. The van der Waals surface area contributed by atoms with Gasteiger partial charge in [0.2, 0.25) is 5.88 Å². The third-order valence-corrected chi connectivity index (χ3v) is 6.02. The second kappa shape index (κ2) is 8.23. The van der Waals surface area contributed by atoms with Gasteiger partial charge < -0.3 is 10.1 Å². The van der Waals surface area contributed by atoms with E-state index in [2.05, 4.69) is 15.0 Å². The first-order chi connectivity index (χ1) is 14.9. The van der Waals surface area contributed by atoms with Gasteiger partial charge in [0.05, 0.1) is 6.61 Å². The molecule has 1 aromatic carbocycles. The molecule has 1 amide bonds. The largest absolute Gasteiger partial charge is 0.476 e. The minimum atomic E-state index is -4.23. The summed E-state index contributed by atoms with van der Waals surface area (Å²) < 4.78 is 47.4. The van der Waals surface area contributed by atoms with Crippen LogP contribution in [0.25, 0.3) is 5.57 Å². The quantitative estimate of drug-likeness (QED) is 0.713. The predicted molar refractivity (Wildman–Crippen MR) is 113 cm³/mol. The SMILES string of the molecule is CCOc1ncc(C2=CN3C(=O)C=CNC3C=C2)cc1NS(=O)(=O)c1ccccc1F. The first-order valence-corrected chi connectivity index (χ1v) is 10.9. The minimum Gasteiger partial charge on any atom is -0.476 e. The number of rotatable bonds is 6. The number of sulfonamides is 1. The van der Waals surface area contributed by atoms with Gasteiger partial charge in [-0.3, -0.25) is 14.4 Å². The Labute approximate surface area is 178 Å². The third kappa shape index (κ3) is 4.15. The number of hydrogen-bond donors (Lipinski definition) is 2. The lowest BCUT2D eigenvalue weighted by molar-refractivity contribution is -0.125. The van der Waals surface area contributed by atoms with Crippen molar-refractivity contribution in [2.45, 2.75) is 18.0 Å². The van der Waals surface area contributed by atoms with Crippen molar-refractivity contribution >= 4 is 27.2 Å². The number of anilines is 1. The van der Waals surface area contributed by atoms with Crippen LogP contribution < -0.4 is 14.8 Å². The average molecular weight is 442 g/mol. The number of amides is 1. The number of carbonyl (C=O) groups excluding carboxylic acids is 1. The molecule has 31 heavy (non-hydrogen) atoms. The van der Waals surface area contributed by atoms with Crippen molar-refractivity contribution in [2.75, 3.05) is 11.3 Å². The number of ether oxygens (including phenoxy) is 1. The van der Waals surface area contributed by atoms with E-state index in [1.807, 2.05) is 0 Å². The summed E-state index contributed by atoms with van der Waals surface area (Å²) in [4.78, 5) is 17.4. The summed E-state index contributed by atoms with van der Waals surface area (Å²) in [6.45, 7) is 1.99. The highest BCUT2D eigenvalue weighted by Gasteiger charge is 2.25. The molecule has 2 aliphatic heterocycles. The molecule has 1 unspecified atom stereocenters. The van der Waals surface area contributed by atoms with E-state index < -0.39 is 20.7 Å². The molecule has 0 spiro atoms. The molecule has 1 atom stereocenters. The number of pyridine rings is 1. The van der Waals surface area contributed by atoms with E-state index in [9.17, 15) is 17.6 Å². The molecule has 3 heterocycles. The number of nitrogens with zero attached hydrogens (tertiary/aromatic N) is 2. The molecule has 0 saturated heterocycles. The first kappa shape index (κ1) is 20.6. The maximum atomic E-state index is 14.1. The average Bonchev–Trinajstić information content (AvgIpc) is 2.75. The van der Waals surface area contributed by atoms with E-state index in [4.69, 9.17) is 4.74 Å². The van der Waals surface area contributed by atoms with Crippen molar-refractivity contribution in [1.82, 2.24) is 15.2 Å². The number of aromatic nitrogens is 1. The maximum absolute atomic E-state index is 14.1. The number of halogens is 1. The Morgan fingerprint density at radius 2 is 2.10 bits per heavy atom. The van der Waals surface area contributed by atoms with Gasteiger partial charge in [-0.2, -0.15) is 0 Å². The molecule has 1 aromatic heterocycles. The molecule has 0 fully saturated rings. The molecule has 0 saturated carbocycles. The van der Waals surface area contributed by atoms with Crippen molar-refractivity contribution < 1.29 is 22.3 Å². The second-order valence-corrected chi connectivity index (χ2v) is 8.33. The summed E-state index contributed by atoms with van der Waals surface area (Å²) in [5.74, 6) is -1.00. The summed E-state index contributed by atoms with van der Waals surface area (Å²) in [5, 5.41) is 3.05. The lowest BCUT2D eigenvalue weighted by Gasteiger charge is -2.32. The Bertz CT molecular complexity index is 1220. The van der Waals surface area contributed by atoms with Crippen LogP contribution in [-0.4, -0.2) is 37.0 Å². The Morgan fingerprint density at radius 3 is 2.87 bits per heavy atom. The summed E-state index contributed by atoms with van der Waals surface area (Å²) in [7, 11) is -4.23. The molecule has 2 aliphatic rings. The van der Waals surface area contributed by atoms with Gasteiger partial charge in [0.25, 0.3) is 15.9 Å². The van der Waals surface area contributed by atoms with E-state index in [1.54, 1.807) is 31.5 Å². The summed E-state index contributed by atoms with van der Waals surface area (Å²) in [6.07, 6.45) is 9.46. The number of fused-ring (bicyclic) bond motifs is 1. The molecule has 8 nitrogen and oxygen atoms in total. The first-order valence-electron chi connectivity index (χ1n) is 9.44. The zero-order chi connectivity index (χ0) is 22.0. The minimum absolute atomic E-state index is 0.0574. The molecule has 0 bridgehead atoms. The predicted octanol–water partition coefficient (Wildman–Crippen LogP) is 2.60. The van der Waals surface area contributed by atoms with Gasteiger partial charge in [-0.25, -0.2) is 17.8 Å². The number of benzene rings is 1. The monoisotopic (exact) mass is 442 g/mol. The zero-order valence-corrected chi connectivity index (χ0v) is 17.3. The van der Waals surface area contributed by atoms with Gasteiger partial charge in [-0.05, 0) is 36.8 Å². The van der Waals surface area contributed by atoms with E-state index in [0.29, 0.717) is 11.1 Å². The van der Waals surface area contributed by atoms with Crippen molar-refractivity contribution in [3.63, 3.8) is 0 Å². The summed E-state index contributed by atoms with van der Waals surface area (Å²) in [5.41, 5.74) is 1.25. The van der Waals surface area contributed by atoms with Gasteiger partial charge in [0, 0.05) is 30.2 Å². The fraction of sp³-hybridized carbons (Fsp3) is 0.143. The van der Waals surface area contributed by atoms with Crippen LogP contribution in [-0.2, 0) is 14.8 Å². The van der Waals surface area contributed by atoms with Crippen LogP contribution in [0.4, 0.5) is 10.1 Å². The van der Waals surface area contributed by atoms with Gasteiger partial charge in [0.15, 0.2) is 0 Å². The van der Waals surface area contributed by atoms with Gasteiger partial charge in [-0.1, -0.05) is 18.2 Å². The van der Waals surface area contributed by atoms with Gasteiger partial charge in [-0.15, -0.1) is 0 Å². The Kier molecular flexibility index (Phi) is 5.47. The van der Waals surface area contributed by atoms with Crippen molar-refractivity contribution in [3.05, 3.63) is 78.5 Å². The molecule has 2 N–H and O–H groups in total. The van der Waals surface area contributed by atoms with Crippen LogP contribution in [0.1, 0.15) is 12.5 Å². The Hall–Kier alpha value is -3.66. The topological polar surface area (TPSA) is 101 Å². The number of hydrogen-bond acceptors (Lipinski definition) is 6. The lowest BCUT2D eigenvalue weighted by atomic mass is 10.0. The Balaban J connectivity index is 1.71. The number of carbonyl (C=O) groups is 1. The molecule has 4 rings (SSSR count). The van der Waals surface area contributed by atoms with E-state index in [0.717, 1.165) is 6.07 Å². The molecule has 2 aromatic rings. The van der Waals surface area contributed by atoms with Crippen molar-refractivity contribution in [3.8, 4) is 5.88 Å². The fourth-order valence-corrected chi connectivity index (χ4v) is 4.30. The smallest absolute Gasteiger partial charge is 0.264 e. The standard InChI is InChI=1S/C21H19FN4O4S/c1-2-30-21-17(25-31(28,29)18-6-4-3-5-16(18)22)11-15(12-24-21)14-7-8-19-23-10-9-20(27)26(19)13-14/h3-13,19,23,25H,2H2,1H3. The normalized spacial score (nSPS) is 17.6. The molecule has 160 valence electrons. The van der Waals surface area contributed by atoms with Crippen molar-refractivity contribution in [1.29, 1.82) is 0 Å². The third-order valence-electron chi connectivity index (χ3n) is 4.62. The molecular weight excluding hydrogens is 423 g/mol.